The number of nitro groups is 1. The minimum absolute atomic E-state index is 0.0561. The molecule has 0 atom stereocenters. The number of hydrogen-bond donors (Lipinski definition) is 2. The Labute approximate surface area is 118 Å². The lowest BCUT2D eigenvalue weighted by atomic mass is 10.4. The summed E-state index contributed by atoms with van der Waals surface area (Å²) >= 11 is 0. The molecule has 0 bridgehead atoms. The molecule has 21 heavy (non-hydrogen) atoms. The van der Waals surface area contributed by atoms with Crippen molar-refractivity contribution in [2.45, 2.75) is 19.6 Å². The Balaban J connectivity index is 1.86. The Hall–Kier alpha value is -2.82. The quantitative estimate of drug-likeness (QED) is 0.477. The third-order valence-corrected chi connectivity index (χ3v) is 2.55. The van der Waals surface area contributed by atoms with Crippen LogP contribution in [0.5, 0.6) is 0 Å². The summed E-state index contributed by atoms with van der Waals surface area (Å²) in [7, 11) is 0. The van der Waals surface area contributed by atoms with Crippen LogP contribution >= 0.6 is 0 Å². The summed E-state index contributed by atoms with van der Waals surface area (Å²) < 4.78 is 2.58. The molecule has 0 aliphatic rings. The second kappa shape index (κ2) is 6.56. The van der Waals surface area contributed by atoms with E-state index >= 15 is 0 Å². The summed E-state index contributed by atoms with van der Waals surface area (Å²) in [5.74, 6) is -0.799. The number of nitrogens with one attached hydrogen (secondary N) is 1. The van der Waals surface area contributed by atoms with Crippen LogP contribution in [-0.2, 0) is 24.4 Å². The highest BCUT2D eigenvalue weighted by Crippen LogP contribution is 2.06. The number of carbonyl (C=O) groups is 1. The molecule has 11 heteroatoms. The maximum absolute atomic E-state index is 11.7. The zero-order chi connectivity index (χ0) is 15.2. The van der Waals surface area contributed by atoms with Crippen molar-refractivity contribution in [2.75, 3.05) is 6.61 Å². The smallest absolute Gasteiger partial charge is 0.394 e. The molecule has 0 aliphatic heterocycles. The molecule has 2 rings (SSSR count). The van der Waals surface area contributed by atoms with Gasteiger partial charge in [0.25, 0.3) is 5.91 Å². The molecule has 0 radical (unpaired) electrons. The van der Waals surface area contributed by atoms with Gasteiger partial charge in [-0.05, 0) is 4.92 Å². The lowest BCUT2D eigenvalue weighted by Crippen LogP contribution is -2.27. The largest absolute Gasteiger partial charge is 0.435 e. The average Bonchev–Trinajstić information content (AvgIpc) is 3.06. The molecule has 0 spiro atoms. The number of aliphatic hydroxyl groups excluding tert-OH is 1. The van der Waals surface area contributed by atoms with E-state index < -0.39 is 10.8 Å². The molecule has 0 aliphatic carbocycles. The van der Waals surface area contributed by atoms with E-state index in [0.29, 0.717) is 12.2 Å². The maximum Gasteiger partial charge on any atom is 0.435 e. The van der Waals surface area contributed by atoms with Crippen LogP contribution in [0.2, 0.25) is 0 Å². The number of aromatic nitrogens is 5. The van der Waals surface area contributed by atoms with Gasteiger partial charge in [-0.25, -0.2) is 9.25 Å². The fraction of sp³-hybridized carbons (Fsp3) is 0.400. The van der Waals surface area contributed by atoms with Gasteiger partial charge in [-0.2, -0.15) is 0 Å². The SMILES string of the molecule is O=C(Cn1ccnc1[N+](=O)[O-])NCc1cn(CCO)nn1. The van der Waals surface area contributed by atoms with Crippen LogP contribution in [0.25, 0.3) is 0 Å². The van der Waals surface area contributed by atoms with E-state index in [2.05, 4.69) is 20.6 Å². The van der Waals surface area contributed by atoms with Crippen LogP contribution in [0.15, 0.2) is 18.6 Å². The minimum Gasteiger partial charge on any atom is -0.394 e. The van der Waals surface area contributed by atoms with Gasteiger partial charge in [-0.1, -0.05) is 10.2 Å². The van der Waals surface area contributed by atoms with Crippen molar-refractivity contribution >= 4 is 11.9 Å². The Morgan fingerprint density at radius 3 is 3.05 bits per heavy atom. The first-order valence-electron chi connectivity index (χ1n) is 6.02. The zero-order valence-electron chi connectivity index (χ0n) is 10.9. The summed E-state index contributed by atoms with van der Waals surface area (Å²) in [6.45, 7) is 0.204. The van der Waals surface area contributed by atoms with Crippen molar-refractivity contribution in [2.24, 2.45) is 0 Å². The monoisotopic (exact) mass is 295 g/mol. The third kappa shape index (κ3) is 3.82. The minimum atomic E-state index is -0.659. The van der Waals surface area contributed by atoms with Gasteiger partial charge in [-0.3, -0.25) is 4.79 Å². The molecule has 11 nitrogen and oxygen atoms in total. The van der Waals surface area contributed by atoms with Crippen LogP contribution in [0, 0.1) is 10.1 Å². The van der Waals surface area contributed by atoms with Crippen molar-refractivity contribution in [3.05, 3.63) is 34.4 Å². The fourth-order valence-electron chi connectivity index (χ4n) is 1.63. The highest BCUT2D eigenvalue weighted by atomic mass is 16.6. The molecule has 2 aromatic rings. The second-order valence-corrected chi connectivity index (χ2v) is 4.09. The average molecular weight is 295 g/mol. The Morgan fingerprint density at radius 2 is 2.33 bits per heavy atom. The standard InChI is InChI=1S/C10H13N7O4/c18-4-3-16-6-8(13-14-16)5-12-9(19)7-15-2-1-11-10(15)17(20)21/h1-2,6,18H,3-5,7H2,(H,12,19). The first-order chi connectivity index (χ1) is 10.1. The van der Waals surface area contributed by atoms with Crippen LogP contribution in [-0.4, -0.2) is 47.1 Å². The van der Waals surface area contributed by atoms with E-state index in [4.69, 9.17) is 5.11 Å². The number of carbonyl (C=O) groups excluding carboxylic acids is 1. The van der Waals surface area contributed by atoms with Crippen LogP contribution < -0.4 is 5.32 Å². The molecule has 112 valence electrons. The predicted molar refractivity (Wildman–Crippen MR) is 67.8 cm³/mol. The number of imidazole rings is 1. The van der Waals surface area contributed by atoms with E-state index in [1.54, 1.807) is 6.20 Å². The number of nitrogens with zero attached hydrogens (tertiary/aromatic N) is 6. The molecular formula is C10H13N7O4. The fourth-order valence-corrected chi connectivity index (χ4v) is 1.63. The van der Waals surface area contributed by atoms with E-state index in [1.165, 1.54) is 17.1 Å². The Kier molecular flexibility index (Phi) is 4.56. The Bertz CT molecular complexity index is 635. The van der Waals surface area contributed by atoms with Gasteiger partial charge in [0, 0.05) is 0 Å². The van der Waals surface area contributed by atoms with E-state index in [9.17, 15) is 14.9 Å². The number of aliphatic hydroxyl groups is 1. The molecule has 0 unspecified atom stereocenters. The van der Waals surface area contributed by atoms with Gasteiger partial charge in [0.05, 0.1) is 25.9 Å². The molecule has 2 heterocycles. The van der Waals surface area contributed by atoms with E-state index in [-0.39, 0.29) is 25.6 Å². The van der Waals surface area contributed by atoms with Crippen molar-refractivity contribution in [3.63, 3.8) is 0 Å². The van der Waals surface area contributed by atoms with Gasteiger partial charge in [0.15, 0.2) is 6.54 Å². The van der Waals surface area contributed by atoms with Gasteiger partial charge in [0.1, 0.15) is 18.1 Å². The number of amides is 1. The van der Waals surface area contributed by atoms with Crippen molar-refractivity contribution in [1.29, 1.82) is 0 Å². The molecule has 2 N–H and O–H groups in total. The highest BCUT2D eigenvalue weighted by molar-refractivity contribution is 5.75. The first kappa shape index (κ1) is 14.6. The van der Waals surface area contributed by atoms with E-state index in [0.717, 1.165) is 4.57 Å². The summed E-state index contributed by atoms with van der Waals surface area (Å²) in [5, 5.41) is 29.5. The van der Waals surface area contributed by atoms with Gasteiger partial charge >= 0.3 is 5.95 Å². The number of hydrogen-bond acceptors (Lipinski definition) is 7. The molecule has 0 saturated carbocycles. The van der Waals surface area contributed by atoms with Crippen LogP contribution in [0.3, 0.4) is 0 Å². The Morgan fingerprint density at radius 1 is 1.52 bits per heavy atom. The first-order valence-corrected chi connectivity index (χ1v) is 6.02. The van der Waals surface area contributed by atoms with E-state index in [1.807, 2.05) is 0 Å². The zero-order valence-corrected chi connectivity index (χ0v) is 10.9. The third-order valence-electron chi connectivity index (χ3n) is 2.55. The number of rotatable bonds is 7. The van der Waals surface area contributed by atoms with Crippen molar-refractivity contribution in [1.82, 2.24) is 29.9 Å². The normalized spacial score (nSPS) is 10.5. The summed E-state index contributed by atoms with van der Waals surface area (Å²) in [6.07, 6.45) is 4.21. The predicted octanol–water partition coefficient (Wildman–Crippen LogP) is -1.31. The maximum atomic E-state index is 11.7. The second-order valence-electron chi connectivity index (χ2n) is 4.09. The summed E-state index contributed by atoms with van der Waals surface area (Å²) in [6, 6.07) is 0. The molecule has 0 saturated heterocycles. The molecule has 0 fully saturated rings. The van der Waals surface area contributed by atoms with Gasteiger partial charge in [0.2, 0.25) is 0 Å². The van der Waals surface area contributed by atoms with Gasteiger partial charge < -0.3 is 20.5 Å². The molecule has 1 amide bonds. The molecular weight excluding hydrogens is 282 g/mol. The topological polar surface area (TPSA) is 141 Å². The van der Waals surface area contributed by atoms with Crippen molar-refractivity contribution in [3.8, 4) is 0 Å². The van der Waals surface area contributed by atoms with Crippen LogP contribution in [0.1, 0.15) is 5.69 Å². The van der Waals surface area contributed by atoms with Crippen LogP contribution in [0.4, 0.5) is 5.95 Å². The van der Waals surface area contributed by atoms with Crippen molar-refractivity contribution < 1.29 is 14.8 Å². The summed E-state index contributed by atoms with van der Waals surface area (Å²) in [4.78, 5) is 25.3. The summed E-state index contributed by atoms with van der Waals surface area (Å²) in [5.41, 5.74) is 0.525. The lowest BCUT2D eigenvalue weighted by molar-refractivity contribution is -0.396. The lowest BCUT2D eigenvalue weighted by Gasteiger charge is -2.02. The molecule has 2 aromatic heterocycles. The van der Waals surface area contributed by atoms with Gasteiger partial charge in [-0.15, -0.1) is 5.10 Å². The highest BCUT2D eigenvalue weighted by Gasteiger charge is 2.16. The molecule has 0 aromatic carbocycles.